The summed E-state index contributed by atoms with van der Waals surface area (Å²) in [6.45, 7) is 4.65. The third-order valence-corrected chi connectivity index (χ3v) is 4.36. The van der Waals surface area contributed by atoms with E-state index in [1.165, 1.54) is 12.1 Å². The van der Waals surface area contributed by atoms with Crippen LogP contribution in [0.1, 0.15) is 18.4 Å². The first kappa shape index (κ1) is 16.9. The largest absolute Gasteiger partial charge is 0.491 e. The van der Waals surface area contributed by atoms with Crippen LogP contribution in [0.2, 0.25) is 0 Å². The van der Waals surface area contributed by atoms with Crippen LogP contribution in [0.15, 0.2) is 36.7 Å². The number of hydrogen-bond acceptors (Lipinski definition) is 4. The van der Waals surface area contributed by atoms with Gasteiger partial charge < -0.3 is 9.84 Å². The molecule has 6 heteroatoms. The summed E-state index contributed by atoms with van der Waals surface area (Å²) in [7, 11) is 0. The highest BCUT2D eigenvalue weighted by atomic mass is 19.1. The SMILES string of the molecule is Cc1cnn(C[C@@H]2CCCN2C[C@@H](O)COc2ccc(F)cc2)c1. The number of benzene rings is 1. The maximum absolute atomic E-state index is 12.9. The molecular weight excluding hydrogens is 309 g/mol. The number of hydrogen-bond donors (Lipinski definition) is 1. The van der Waals surface area contributed by atoms with Gasteiger partial charge in [0.15, 0.2) is 0 Å². The van der Waals surface area contributed by atoms with Gasteiger partial charge in [-0.1, -0.05) is 0 Å². The summed E-state index contributed by atoms with van der Waals surface area (Å²) >= 11 is 0. The van der Waals surface area contributed by atoms with E-state index in [1.54, 1.807) is 12.1 Å². The third-order valence-electron chi connectivity index (χ3n) is 4.36. The summed E-state index contributed by atoms with van der Waals surface area (Å²) in [5.74, 6) is 0.275. The first-order chi connectivity index (χ1) is 11.6. The van der Waals surface area contributed by atoms with E-state index >= 15 is 0 Å². The predicted molar refractivity (Wildman–Crippen MR) is 89.5 cm³/mol. The highest BCUT2D eigenvalue weighted by Gasteiger charge is 2.26. The molecule has 5 nitrogen and oxygen atoms in total. The number of ether oxygens (including phenoxy) is 1. The molecule has 1 aliphatic rings. The van der Waals surface area contributed by atoms with Crippen LogP contribution in [0, 0.1) is 12.7 Å². The Morgan fingerprint density at radius 2 is 2.17 bits per heavy atom. The molecule has 0 spiro atoms. The van der Waals surface area contributed by atoms with E-state index in [0.717, 1.165) is 31.5 Å². The van der Waals surface area contributed by atoms with Gasteiger partial charge in [0.05, 0.1) is 12.7 Å². The second-order valence-electron chi connectivity index (χ2n) is 6.45. The van der Waals surface area contributed by atoms with Crippen molar-refractivity contribution in [3.63, 3.8) is 0 Å². The van der Waals surface area contributed by atoms with Crippen LogP contribution in [-0.4, -0.2) is 51.6 Å². The highest BCUT2D eigenvalue weighted by Crippen LogP contribution is 2.19. The summed E-state index contributed by atoms with van der Waals surface area (Å²) in [6, 6.07) is 6.24. The zero-order valence-electron chi connectivity index (χ0n) is 13.9. The van der Waals surface area contributed by atoms with Gasteiger partial charge in [-0.25, -0.2) is 4.39 Å². The number of aromatic nitrogens is 2. The molecule has 1 saturated heterocycles. The Morgan fingerprint density at radius 3 is 2.88 bits per heavy atom. The maximum atomic E-state index is 12.9. The molecule has 3 rings (SSSR count). The molecule has 2 heterocycles. The van der Waals surface area contributed by atoms with Crippen molar-refractivity contribution in [1.29, 1.82) is 0 Å². The molecule has 1 N–H and O–H groups in total. The Labute approximate surface area is 141 Å². The van der Waals surface area contributed by atoms with E-state index in [0.29, 0.717) is 18.3 Å². The third kappa shape index (κ3) is 4.55. The molecule has 1 aliphatic heterocycles. The van der Waals surface area contributed by atoms with Gasteiger partial charge in [0.1, 0.15) is 24.3 Å². The minimum absolute atomic E-state index is 0.204. The Balaban J connectivity index is 1.47. The Bertz CT molecular complexity index is 644. The monoisotopic (exact) mass is 333 g/mol. The summed E-state index contributed by atoms with van der Waals surface area (Å²) in [4.78, 5) is 2.30. The number of aliphatic hydroxyl groups excluding tert-OH is 1. The number of β-amino-alcohol motifs (C(OH)–C–C–N with tert-alkyl or cyclic N) is 1. The quantitative estimate of drug-likeness (QED) is 0.844. The van der Waals surface area contributed by atoms with E-state index in [2.05, 4.69) is 10.00 Å². The lowest BCUT2D eigenvalue weighted by Crippen LogP contribution is -2.40. The topological polar surface area (TPSA) is 50.5 Å². The van der Waals surface area contributed by atoms with Crippen LogP contribution in [0.3, 0.4) is 0 Å². The lowest BCUT2D eigenvalue weighted by molar-refractivity contribution is 0.0609. The summed E-state index contributed by atoms with van der Waals surface area (Å²) < 4.78 is 20.4. The average molecular weight is 333 g/mol. The lowest BCUT2D eigenvalue weighted by Gasteiger charge is -2.26. The molecule has 2 atom stereocenters. The molecule has 0 aliphatic carbocycles. The van der Waals surface area contributed by atoms with Crippen molar-refractivity contribution in [3.05, 3.63) is 48.0 Å². The smallest absolute Gasteiger partial charge is 0.123 e. The minimum atomic E-state index is -0.574. The Morgan fingerprint density at radius 1 is 1.38 bits per heavy atom. The number of likely N-dealkylation sites (tertiary alicyclic amines) is 1. The molecule has 0 unspecified atom stereocenters. The van der Waals surface area contributed by atoms with Gasteiger partial charge in [0, 0.05) is 18.8 Å². The van der Waals surface area contributed by atoms with Gasteiger partial charge >= 0.3 is 0 Å². The van der Waals surface area contributed by atoms with Crippen molar-refractivity contribution in [3.8, 4) is 5.75 Å². The van der Waals surface area contributed by atoms with Crippen LogP contribution in [0.5, 0.6) is 5.75 Å². The van der Waals surface area contributed by atoms with E-state index in [1.807, 2.05) is 24.0 Å². The zero-order chi connectivity index (χ0) is 16.9. The average Bonchev–Trinajstić information content (AvgIpc) is 3.16. The highest BCUT2D eigenvalue weighted by molar-refractivity contribution is 5.22. The number of nitrogens with zero attached hydrogens (tertiary/aromatic N) is 3. The van der Waals surface area contributed by atoms with Crippen molar-refractivity contribution < 1.29 is 14.2 Å². The van der Waals surface area contributed by atoms with Crippen molar-refractivity contribution >= 4 is 0 Å². The first-order valence-electron chi connectivity index (χ1n) is 8.39. The van der Waals surface area contributed by atoms with Gasteiger partial charge in [-0.15, -0.1) is 0 Å². The molecule has 24 heavy (non-hydrogen) atoms. The first-order valence-corrected chi connectivity index (χ1v) is 8.39. The molecule has 1 aromatic carbocycles. The lowest BCUT2D eigenvalue weighted by atomic mass is 10.2. The molecule has 0 saturated carbocycles. The van der Waals surface area contributed by atoms with Crippen LogP contribution in [0.4, 0.5) is 4.39 Å². The second kappa shape index (κ2) is 7.77. The molecule has 0 amide bonds. The van der Waals surface area contributed by atoms with Crippen molar-refractivity contribution in [2.45, 2.75) is 38.5 Å². The standard InChI is InChI=1S/C18H24FN3O2/c1-14-9-20-22(10-14)11-16-3-2-8-21(16)12-17(23)13-24-18-6-4-15(19)5-7-18/h4-7,9-10,16-17,23H,2-3,8,11-13H2,1H3/t16-,17+/m0/s1. The fourth-order valence-corrected chi connectivity index (χ4v) is 3.17. The second-order valence-corrected chi connectivity index (χ2v) is 6.45. The van der Waals surface area contributed by atoms with Crippen LogP contribution in [0.25, 0.3) is 0 Å². The van der Waals surface area contributed by atoms with Gasteiger partial charge in [-0.05, 0) is 56.1 Å². The fourth-order valence-electron chi connectivity index (χ4n) is 3.17. The molecule has 0 bridgehead atoms. The van der Waals surface area contributed by atoms with Crippen molar-refractivity contribution in [2.24, 2.45) is 0 Å². The van der Waals surface area contributed by atoms with Gasteiger partial charge in [-0.3, -0.25) is 9.58 Å². The number of rotatable bonds is 7. The normalized spacial score (nSPS) is 19.5. The molecule has 130 valence electrons. The molecule has 0 radical (unpaired) electrons. The summed E-state index contributed by atoms with van der Waals surface area (Å²) in [5, 5.41) is 14.6. The van der Waals surface area contributed by atoms with Gasteiger partial charge in [0.2, 0.25) is 0 Å². The van der Waals surface area contributed by atoms with E-state index in [4.69, 9.17) is 4.74 Å². The Kier molecular flexibility index (Phi) is 5.48. The molecule has 2 aromatic rings. The van der Waals surface area contributed by atoms with E-state index in [9.17, 15) is 9.50 Å². The number of halogens is 1. The summed E-state index contributed by atoms with van der Waals surface area (Å²) in [6.07, 6.45) is 5.59. The molecular formula is C18H24FN3O2. The Hall–Kier alpha value is -1.92. The summed E-state index contributed by atoms with van der Waals surface area (Å²) in [5.41, 5.74) is 1.16. The van der Waals surface area contributed by atoms with Crippen molar-refractivity contribution in [2.75, 3.05) is 19.7 Å². The van der Waals surface area contributed by atoms with E-state index < -0.39 is 6.10 Å². The fraction of sp³-hybridized carbons (Fsp3) is 0.500. The zero-order valence-corrected chi connectivity index (χ0v) is 13.9. The van der Waals surface area contributed by atoms with E-state index in [-0.39, 0.29) is 12.4 Å². The van der Waals surface area contributed by atoms with Crippen LogP contribution in [-0.2, 0) is 6.54 Å². The molecule has 1 fully saturated rings. The number of aliphatic hydroxyl groups is 1. The number of aryl methyl sites for hydroxylation is 1. The van der Waals surface area contributed by atoms with Gasteiger partial charge in [-0.2, -0.15) is 5.10 Å². The van der Waals surface area contributed by atoms with Gasteiger partial charge in [0.25, 0.3) is 0 Å². The predicted octanol–water partition coefficient (Wildman–Crippen LogP) is 2.23. The maximum Gasteiger partial charge on any atom is 0.123 e. The van der Waals surface area contributed by atoms with Crippen LogP contribution < -0.4 is 4.74 Å². The minimum Gasteiger partial charge on any atom is -0.491 e. The van der Waals surface area contributed by atoms with Crippen LogP contribution >= 0.6 is 0 Å². The molecule has 1 aromatic heterocycles. The van der Waals surface area contributed by atoms with Crippen molar-refractivity contribution in [1.82, 2.24) is 14.7 Å².